The molecular formula is C8H17NOS. The Labute approximate surface area is 73.0 Å². The molecule has 0 aromatic heterocycles. The number of nitrogens with zero attached hydrogens (tertiary/aromatic N) is 1. The number of rotatable bonds is 2. The number of likely N-dealkylation sites (N-methyl/N-ethyl adjacent to an activating group) is 1. The second-order valence-electron chi connectivity index (χ2n) is 3.39. The molecule has 11 heavy (non-hydrogen) atoms. The summed E-state index contributed by atoms with van der Waals surface area (Å²) in [5.41, 5.74) is 0.0885. The first-order valence-electron chi connectivity index (χ1n) is 4.07. The van der Waals surface area contributed by atoms with Gasteiger partial charge in [0.1, 0.15) is 0 Å². The van der Waals surface area contributed by atoms with E-state index < -0.39 is 0 Å². The molecule has 0 spiro atoms. The van der Waals surface area contributed by atoms with Gasteiger partial charge in [-0.15, -0.1) is 0 Å². The SMILES string of the molecule is CN(C)C1(CO)CCSCC1. The lowest BCUT2D eigenvalue weighted by Crippen LogP contribution is -2.50. The third-order valence-corrected chi connectivity index (χ3v) is 3.65. The third kappa shape index (κ3) is 1.89. The Kier molecular flexibility index (Phi) is 3.22. The van der Waals surface area contributed by atoms with Crippen LogP contribution >= 0.6 is 11.8 Å². The van der Waals surface area contributed by atoms with Crippen molar-refractivity contribution in [1.82, 2.24) is 4.90 Å². The van der Waals surface area contributed by atoms with Gasteiger partial charge in [0.05, 0.1) is 6.61 Å². The van der Waals surface area contributed by atoms with Gasteiger partial charge in [0, 0.05) is 5.54 Å². The molecule has 2 nitrogen and oxygen atoms in total. The highest BCUT2D eigenvalue weighted by molar-refractivity contribution is 7.99. The molecule has 0 amide bonds. The number of hydrogen-bond donors (Lipinski definition) is 1. The fourth-order valence-corrected chi connectivity index (χ4v) is 2.75. The van der Waals surface area contributed by atoms with Crippen LogP contribution in [0.4, 0.5) is 0 Å². The van der Waals surface area contributed by atoms with E-state index in [9.17, 15) is 5.11 Å². The van der Waals surface area contributed by atoms with Crippen LogP contribution in [-0.2, 0) is 0 Å². The number of aliphatic hydroxyl groups is 1. The molecule has 0 aromatic rings. The smallest absolute Gasteiger partial charge is 0.0615 e. The van der Waals surface area contributed by atoms with Crippen LogP contribution in [-0.4, -0.2) is 47.8 Å². The summed E-state index contributed by atoms with van der Waals surface area (Å²) in [4.78, 5) is 2.17. The quantitative estimate of drug-likeness (QED) is 0.672. The minimum Gasteiger partial charge on any atom is -0.394 e. The topological polar surface area (TPSA) is 23.5 Å². The highest BCUT2D eigenvalue weighted by Gasteiger charge is 2.33. The Balaban J connectivity index is 2.57. The molecule has 0 bridgehead atoms. The van der Waals surface area contributed by atoms with Crippen molar-refractivity contribution in [3.8, 4) is 0 Å². The Morgan fingerprint density at radius 3 is 2.18 bits per heavy atom. The van der Waals surface area contributed by atoms with E-state index in [1.54, 1.807) is 0 Å². The van der Waals surface area contributed by atoms with E-state index in [-0.39, 0.29) is 5.54 Å². The second-order valence-corrected chi connectivity index (χ2v) is 4.61. The maximum absolute atomic E-state index is 9.26. The molecule has 1 saturated heterocycles. The predicted molar refractivity (Wildman–Crippen MR) is 50.1 cm³/mol. The Morgan fingerprint density at radius 1 is 1.36 bits per heavy atom. The first kappa shape index (κ1) is 9.36. The van der Waals surface area contributed by atoms with Gasteiger partial charge in [0.15, 0.2) is 0 Å². The first-order chi connectivity index (χ1) is 5.21. The van der Waals surface area contributed by atoms with Crippen molar-refractivity contribution in [2.24, 2.45) is 0 Å². The number of thioether (sulfide) groups is 1. The van der Waals surface area contributed by atoms with Gasteiger partial charge in [-0.05, 0) is 38.4 Å². The Bertz CT molecular complexity index is 121. The normalized spacial score (nSPS) is 24.0. The molecule has 1 N–H and O–H groups in total. The molecule has 0 radical (unpaired) electrons. The lowest BCUT2D eigenvalue weighted by atomic mass is 9.92. The molecule has 66 valence electrons. The molecule has 1 rings (SSSR count). The van der Waals surface area contributed by atoms with Crippen molar-refractivity contribution in [2.75, 3.05) is 32.2 Å². The summed E-state index contributed by atoms with van der Waals surface area (Å²) < 4.78 is 0. The van der Waals surface area contributed by atoms with Crippen LogP contribution in [0.2, 0.25) is 0 Å². The van der Waals surface area contributed by atoms with Gasteiger partial charge in [-0.25, -0.2) is 0 Å². The number of hydrogen-bond acceptors (Lipinski definition) is 3. The monoisotopic (exact) mass is 175 g/mol. The molecule has 1 fully saturated rings. The van der Waals surface area contributed by atoms with Gasteiger partial charge in [-0.1, -0.05) is 0 Å². The largest absolute Gasteiger partial charge is 0.394 e. The van der Waals surface area contributed by atoms with E-state index in [4.69, 9.17) is 0 Å². The highest BCUT2D eigenvalue weighted by Crippen LogP contribution is 2.30. The Hall–Kier alpha value is 0.270. The molecule has 0 saturated carbocycles. The first-order valence-corrected chi connectivity index (χ1v) is 5.23. The van der Waals surface area contributed by atoms with E-state index in [1.807, 2.05) is 11.8 Å². The molecule has 1 heterocycles. The van der Waals surface area contributed by atoms with Gasteiger partial charge < -0.3 is 10.0 Å². The maximum Gasteiger partial charge on any atom is 0.0615 e. The van der Waals surface area contributed by atoms with Crippen LogP contribution in [0.15, 0.2) is 0 Å². The zero-order valence-electron chi connectivity index (χ0n) is 7.34. The molecule has 3 heteroatoms. The fourth-order valence-electron chi connectivity index (χ4n) is 1.50. The van der Waals surface area contributed by atoms with Crippen molar-refractivity contribution < 1.29 is 5.11 Å². The van der Waals surface area contributed by atoms with Crippen LogP contribution in [0, 0.1) is 0 Å². The van der Waals surface area contributed by atoms with Crippen LogP contribution < -0.4 is 0 Å². The van der Waals surface area contributed by atoms with Crippen molar-refractivity contribution in [1.29, 1.82) is 0 Å². The van der Waals surface area contributed by atoms with Crippen LogP contribution in [0.1, 0.15) is 12.8 Å². The summed E-state index contributed by atoms with van der Waals surface area (Å²) in [5, 5.41) is 9.26. The van der Waals surface area contributed by atoms with Gasteiger partial charge in [-0.3, -0.25) is 0 Å². The summed E-state index contributed by atoms with van der Waals surface area (Å²) in [5.74, 6) is 2.39. The molecule has 0 atom stereocenters. The lowest BCUT2D eigenvalue weighted by Gasteiger charge is -2.41. The van der Waals surface area contributed by atoms with Crippen molar-refractivity contribution in [2.45, 2.75) is 18.4 Å². The average Bonchev–Trinajstić information content (AvgIpc) is 2.05. The fraction of sp³-hybridized carbons (Fsp3) is 1.00. The minimum absolute atomic E-state index is 0.0885. The van der Waals surface area contributed by atoms with Gasteiger partial charge >= 0.3 is 0 Å². The summed E-state index contributed by atoms with van der Waals surface area (Å²) in [6.07, 6.45) is 2.25. The van der Waals surface area contributed by atoms with Crippen LogP contribution in [0.3, 0.4) is 0 Å². The molecular weight excluding hydrogens is 158 g/mol. The maximum atomic E-state index is 9.26. The summed E-state index contributed by atoms with van der Waals surface area (Å²) in [7, 11) is 4.12. The Morgan fingerprint density at radius 2 is 1.91 bits per heavy atom. The van der Waals surface area contributed by atoms with Gasteiger partial charge in [0.2, 0.25) is 0 Å². The van der Waals surface area contributed by atoms with Crippen LogP contribution in [0.5, 0.6) is 0 Å². The van der Waals surface area contributed by atoms with E-state index in [2.05, 4.69) is 19.0 Å². The molecule has 1 aliphatic rings. The highest BCUT2D eigenvalue weighted by atomic mass is 32.2. The third-order valence-electron chi connectivity index (χ3n) is 2.67. The van der Waals surface area contributed by atoms with Crippen LogP contribution in [0.25, 0.3) is 0 Å². The zero-order chi connectivity index (χ0) is 8.32. The molecule has 0 unspecified atom stereocenters. The van der Waals surface area contributed by atoms with E-state index >= 15 is 0 Å². The van der Waals surface area contributed by atoms with Gasteiger partial charge in [-0.2, -0.15) is 11.8 Å². The molecule has 0 aromatic carbocycles. The zero-order valence-corrected chi connectivity index (χ0v) is 8.15. The second kappa shape index (κ2) is 3.78. The predicted octanol–water partition coefficient (Wildman–Crippen LogP) is 0.806. The van der Waals surface area contributed by atoms with Gasteiger partial charge in [0.25, 0.3) is 0 Å². The van der Waals surface area contributed by atoms with E-state index in [0.717, 1.165) is 12.8 Å². The lowest BCUT2D eigenvalue weighted by molar-refractivity contribution is 0.0608. The number of aliphatic hydroxyl groups excluding tert-OH is 1. The van der Waals surface area contributed by atoms with Crippen molar-refractivity contribution in [3.63, 3.8) is 0 Å². The van der Waals surface area contributed by atoms with E-state index in [0.29, 0.717) is 6.61 Å². The summed E-state index contributed by atoms with van der Waals surface area (Å²) in [6, 6.07) is 0. The summed E-state index contributed by atoms with van der Waals surface area (Å²) >= 11 is 1.99. The van der Waals surface area contributed by atoms with Crippen molar-refractivity contribution in [3.05, 3.63) is 0 Å². The average molecular weight is 175 g/mol. The van der Waals surface area contributed by atoms with E-state index in [1.165, 1.54) is 11.5 Å². The molecule has 0 aliphatic carbocycles. The standard InChI is InChI=1S/C8H17NOS/c1-9(2)8(7-10)3-5-11-6-4-8/h10H,3-7H2,1-2H3. The van der Waals surface area contributed by atoms with Crippen molar-refractivity contribution >= 4 is 11.8 Å². The molecule has 1 aliphatic heterocycles. The minimum atomic E-state index is 0.0885. The summed E-state index contributed by atoms with van der Waals surface area (Å²) in [6.45, 7) is 0.306.